The summed E-state index contributed by atoms with van der Waals surface area (Å²) in [5, 5.41) is 24.5. The molecule has 2 aromatic rings. The number of quaternary nitrogens is 1. The Kier molecular flexibility index (Phi) is 2.64. The van der Waals surface area contributed by atoms with Gasteiger partial charge in [-0.25, -0.2) is 10.2 Å². The van der Waals surface area contributed by atoms with Crippen LogP contribution in [0.2, 0.25) is 0 Å². The van der Waals surface area contributed by atoms with Crippen LogP contribution in [0, 0.1) is 5.21 Å². The van der Waals surface area contributed by atoms with Crippen molar-refractivity contribution in [3.05, 3.63) is 47.3 Å². The smallest absolute Gasteiger partial charge is 0.259 e. The highest BCUT2D eigenvalue weighted by Gasteiger charge is 2.20. The summed E-state index contributed by atoms with van der Waals surface area (Å²) >= 11 is 0. The molecule has 96 valence electrons. The zero-order valence-electron chi connectivity index (χ0n) is 9.68. The number of carbonyl (C=O) groups is 1. The molecule has 0 saturated carbocycles. The average Bonchev–Trinajstić information content (AvgIpc) is 2.54. The highest BCUT2D eigenvalue weighted by molar-refractivity contribution is 6.11. The van der Waals surface area contributed by atoms with Crippen molar-refractivity contribution in [2.24, 2.45) is 0 Å². The number of carbonyl (C=O) groups excluding carboxylic acids is 1. The molecule has 0 spiro atoms. The number of hydrogen-bond acceptors (Lipinski definition) is 5. The Labute approximate surface area is 108 Å². The topological polar surface area (TPSA) is 102 Å². The fourth-order valence-electron chi connectivity index (χ4n) is 1.90. The fraction of sp³-hybridized carbons (Fsp3) is 0. The summed E-state index contributed by atoms with van der Waals surface area (Å²) in [5.74, 6) is 0.124. The lowest BCUT2D eigenvalue weighted by Crippen LogP contribution is -2.99. The van der Waals surface area contributed by atoms with Gasteiger partial charge < -0.3 is 15.8 Å². The van der Waals surface area contributed by atoms with E-state index in [-0.39, 0.29) is 11.6 Å². The molecule has 1 amide bonds. The van der Waals surface area contributed by atoms with Crippen LogP contribution in [0.3, 0.4) is 0 Å². The molecule has 4 N–H and O–H groups in total. The van der Waals surface area contributed by atoms with Crippen LogP contribution in [-0.2, 0) is 0 Å². The molecule has 19 heavy (non-hydrogen) atoms. The Hall–Kier alpha value is -2.48. The van der Waals surface area contributed by atoms with Crippen LogP contribution in [0.5, 0.6) is 0 Å². The third-order valence-corrected chi connectivity index (χ3v) is 2.82. The van der Waals surface area contributed by atoms with Gasteiger partial charge in [0.25, 0.3) is 5.91 Å². The Morgan fingerprint density at radius 3 is 2.84 bits per heavy atom. The van der Waals surface area contributed by atoms with E-state index in [4.69, 9.17) is 5.21 Å². The largest absolute Gasteiger partial charge is 0.595 e. The van der Waals surface area contributed by atoms with E-state index in [9.17, 15) is 10.0 Å². The Morgan fingerprint density at radius 1 is 1.21 bits per heavy atom. The Bertz CT molecular complexity index is 657. The predicted molar refractivity (Wildman–Crippen MR) is 67.7 cm³/mol. The molecule has 0 radical (unpaired) electrons. The Balaban J connectivity index is 2.09. The van der Waals surface area contributed by atoms with Crippen molar-refractivity contribution in [2.75, 3.05) is 10.6 Å². The zero-order chi connectivity index (χ0) is 13.4. The lowest BCUT2D eigenvalue weighted by Gasteiger charge is -2.14. The lowest BCUT2D eigenvalue weighted by atomic mass is 10.2. The maximum absolute atomic E-state index is 12.0. The van der Waals surface area contributed by atoms with E-state index in [1.165, 1.54) is 12.1 Å². The van der Waals surface area contributed by atoms with Crippen molar-refractivity contribution in [1.82, 2.24) is 4.98 Å². The minimum absolute atomic E-state index is 0.111. The number of benzene rings is 1. The summed E-state index contributed by atoms with van der Waals surface area (Å²) in [6, 6.07) is 7.79. The highest BCUT2D eigenvalue weighted by Crippen LogP contribution is 2.31. The first-order chi connectivity index (χ1) is 9.15. The summed E-state index contributed by atoms with van der Waals surface area (Å²) in [5.41, 5.74) is 1.55. The number of rotatable bonds is 1. The summed E-state index contributed by atoms with van der Waals surface area (Å²) in [6.45, 7) is 0. The number of nitrogens with one attached hydrogen (secondary N) is 3. The third-order valence-electron chi connectivity index (χ3n) is 2.82. The van der Waals surface area contributed by atoms with Gasteiger partial charge in [0.15, 0.2) is 5.69 Å². The van der Waals surface area contributed by atoms with Gasteiger partial charge in [-0.1, -0.05) is 0 Å². The number of aromatic nitrogens is 1. The molecule has 1 aliphatic rings. The second kappa shape index (κ2) is 4.32. The molecule has 1 atom stereocenters. The van der Waals surface area contributed by atoms with Gasteiger partial charge >= 0.3 is 0 Å². The number of amides is 1. The van der Waals surface area contributed by atoms with Gasteiger partial charge in [-0.05, 0) is 18.2 Å². The van der Waals surface area contributed by atoms with Gasteiger partial charge in [0.1, 0.15) is 5.82 Å². The summed E-state index contributed by atoms with van der Waals surface area (Å²) in [4.78, 5) is 16.1. The standard InChI is InChI=1S/C12H10N4O3/c17-12-8-2-1-5-13-11(8)14-9-4-3-7(16(18)19)6-10(9)15-12/h1-6,16,18H,(H,13,14)(H,15,17). The summed E-state index contributed by atoms with van der Waals surface area (Å²) < 4.78 is 0. The van der Waals surface area contributed by atoms with Crippen LogP contribution >= 0.6 is 0 Å². The van der Waals surface area contributed by atoms with E-state index in [0.717, 1.165) is 0 Å². The van der Waals surface area contributed by atoms with Crippen LogP contribution in [0.1, 0.15) is 10.4 Å². The van der Waals surface area contributed by atoms with E-state index >= 15 is 0 Å². The molecule has 0 fully saturated rings. The molecule has 1 unspecified atom stereocenters. The maximum atomic E-state index is 12.0. The zero-order valence-corrected chi connectivity index (χ0v) is 9.68. The van der Waals surface area contributed by atoms with E-state index in [0.29, 0.717) is 22.8 Å². The summed E-state index contributed by atoms with van der Waals surface area (Å²) in [7, 11) is 0. The number of nitrogens with zero attached hydrogens (tertiary/aromatic N) is 1. The maximum Gasteiger partial charge on any atom is 0.259 e. The molecule has 3 rings (SSSR count). The van der Waals surface area contributed by atoms with E-state index in [1.807, 2.05) is 0 Å². The van der Waals surface area contributed by atoms with Crippen molar-refractivity contribution < 1.29 is 15.2 Å². The lowest BCUT2D eigenvalue weighted by molar-refractivity contribution is -0.991. The molecule has 7 nitrogen and oxygen atoms in total. The van der Waals surface area contributed by atoms with Gasteiger partial charge in [-0.3, -0.25) is 4.79 Å². The molecule has 1 aliphatic heterocycles. The molecule has 0 aliphatic carbocycles. The fourth-order valence-corrected chi connectivity index (χ4v) is 1.90. The van der Waals surface area contributed by atoms with Gasteiger partial charge in [0.2, 0.25) is 0 Å². The SMILES string of the molecule is O=C1Nc2cc([NH+]([O-])O)ccc2Nc2ncccc21. The number of fused-ring (bicyclic) bond motifs is 2. The highest BCUT2D eigenvalue weighted by atomic mass is 16.8. The van der Waals surface area contributed by atoms with E-state index < -0.39 is 5.23 Å². The van der Waals surface area contributed by atoms with E-state index in [1.54, 1.807) is 24.4 Å². The van der Waals surface area contributed by atoms with Gasteiger partial charge in [0, 0.05) is 18.3 Å². The molecular formula is C12H10N4O3. The van der Waals surface area contributed by atoms with Crippen molar-refractivity contribution in [2.45, 2.75) is 0 Å². The number of anilines is 3. The molecule has 0 saturated heterocycles. The second-order valence-corrected chi connectivity index (χ2v) is 4.04. The van der Waals surface area contributed by atoms with Crippen LogP contribution in [0.4, 0.5) is 22.9 Å². The first-order valence-electron chi connectivity index (χ1n) is 5.56. The van der Waals surface area contributed by atoms with Crippen molar-refractivity contribution in [3.63, 3.8) is 0 Å². The minimum atomic E-state index is -1.04. The van der Waals surface area contributed by atoms with Crippen molar-refractivity contribution >= 4 is 28.8 Å². The Morgan fingerprint density at radius 2 is 2.05 bits per heavy atom. The summed E-state index contributed by atoms with van der Waals surface area (Å²) in [6.07, 6.45) is 1.58. The first kappa shape index (κ1) is 11.6. The van der Waals surface area contributed by atoms with Crippen LogP contribution in [0.25, 0.3) is 0 Å². The first-order valence-corrected chi connectivity index (χ1v) is 5.56. The van der Waals surface area contributed by atoms with Gasteiger partial charge in [0.05, 0.1) is 16.9 Å². The molecule has 1 aromatic heterocycles. The normalized spacial score (nSPS) is 14.5. The van der Waals surface area contributed by atoms with Gasteiger partial charge in [-0.15, -0.1) is 0 Å². The number of pyridine rings is 1. The number of hydrogen-bond donors (Lipinski definition) is 4. The molecule has 2 heterocycles. The molecule has 7 heteroatoms. The van der Waals surface area contributed by atoms with Crippen LogP contribution < -0.4 is 15.9 Å². The second-order valence-electron chi connectivity index (χ2n) is 4.04. The molecular weight excluding hydrogens is 248 g/mol. The monoisotopic (exact) mass is 258 g/mol. The van der Waals surface area contributed by atoms with Crippen LogP contribution in [-0.4, -0.2) is 16.1 Å². The molecule has 0 bridgehead atoms. The van der Waals surface area contributed by atoms with Crippen LogP contribution in [0.15, 0.2) is 36.5 Å². The third kappa shape index (κ3) is 2.02. The van der Waals surface area contributed by atoms with Crippen molar-refractivity contribution in [1.29, 1.82) is 0 Å². The average molecular weight is 258 g/mol. The predicted octanol–water partition coefficient (Wildman–Crippen LogP) is 0.794. The van der Waals surface area contributed by atoms with Crippen molar-refractivity contribution in [3.8, 4) is 0 Å². The minimum Gasteiger partial charge on any atom is -0.595 e. The van der Waals surface area contributed by atoms with Gasteiger partial charge in [-0.2, -0.15) is 5.23 Å². The molecule has 1 aromatic carbocycles. The van der Waals surface area contributed by atoms with E-state index in [2.05, 4.69) is 15.6 Å². The quantitative estimate of drug-likeness (QED) is 0.566.